The highest BCUT2D eigenvalue weighted by Crippen LogP contribution is 2.30. The smallest absolute Gasteiger partial charge is 0.341 e. The number of nitrogens with zero attached hydrogens (tertiary/aromatic N) is 1. The summed E-state index contributed by atoms with van der Waals surface area (Å²) in [6, 6.07) is 5.78. The van der Waals surface area contributed by atoms with E-state index in [1.54, 1.807) is 38.1 Å². The van der Waals surface area contributed by atoms with Gasteiger partial charge in [0.2, 0.25) is 10.0 Å². The van der Waals surface area contributed by atoms with Gasteiger partial charge in [0.25, 0.3) is 0 Å². The van der Waals surface area contributed by atoms with E-state index >= 15 is 0 Å². The molecular weight excluding hydrogens is 360 g/mol. The molecule has 142 valence electrons. The lowest BCUT2D eigenvalue weighted by Gasteiger charge is -2.13. The number of nitrogens with one attached hydrogen (secondary N) is 1. The quantitative estimate of drug-likeness (QED) is 0.720. The lowest BCUT2D eigenvalue weighted by atomic mass is 10.0. The molecular formula is C17H22N2O6S. The van der Waals surface area contributed by atoms with Crippen molar-refractivity contribution in [2.75, 3.05) is 12.9 Å². The van der Waals surface area contributed by atoms with Gasteiger partial charge in [0.1, 0.15) is 17.0 Å². The standard InChI is InChI=1S/C17H22N2O6S/c1-10(2)9-26(22,23)19-11(3)16-14(17(20)21)15(18-25-16)12-5-7-13(24-4)8-6-12/h5-8,10-11,19H,9H2,1-4H3,(H,20,21)/t11-/m1/s1. The van der Waals surface area contributed by atoms with Crippen molar-refractivity contribution in [3.05, 3.63) is 35.6 Å². The van der Waals surface area contributed by atoms with Gasteiger partial charge in [-0.3, -0.25) is 0 Å². The average molecular weight is 382 g/mol. The lowest BCUT2D eigenvalue weighted by molar-refractivity contribution is 0.0694. The van der Waals surface area contributed by atoms with Gasteiger partial charge in [-0.1, -0.05) is 19.0 Å². The van der Waals surface area contributed by atoms with Crippen molar-refractivity contribution in [1.82, 2.24) is 9.88 Å². The normalized spacial score (nSPS) is 13.0. The molecule has 8 nitrogen and oxygen atoms in total. The molecule has 0 spiro atoms. The number of carbonyl (C=O) groups is 1. The van der Waals surface area contributed by atoms with Gasteiger partial charge in [0.15, 0.2) is 5.76 Å². The first-order valence-electron chi connectivity index (χ1n) is 8.02. The number of methoxy groups -OCH3 is 1. The van der Waals surface area contributed by atoms with E-state index in [9.17, 15) is 18.3 Å². The largest absolute Gasteiger partial charge is 0.497 e. The first-order valence-corrected chi connectivity index (χ1v) is 9.67. The summed E-state index contributed by atoms with van der Waals surface area (Å²) in [5, 5.41) is 13.4. The highest BCUT2D eigenvalue weighted by atomic mass is 32.2. The van der Waals surface area contributed by atoms with E-state index in [1.165, 1.54) is 14.0 Å². The zero-order chi connectivity index (χ0) is 19.5. The summed E-state index contributed by atoms with van der Waals surface area (Å²) in [6.45, 7) is 5.08. The van der Waals surface area contributed by atoms with Gasteiger partial charge in [-0.15, -0.1) is 0 Å². The zero-order valence-corrected chi connectivity index (χ0v) is 15.8. The van der Waals surface area contributed by atoms with Crippen LogP contribution in [0.4, 0.5) is 0 Å². The van der Waals surface area contributed by atoms with Crippen molar-refractivity contribution in [2.24, 2.45) is 5.92 Å². The maximum atomic E-state index is 12.1. The van der Waals surface area contributed by atoms with E-state index in [2.05, 4.69) is 9.88 Å². The van der Waals surface area contributed by atoms with Crippen molar-refractivity contribution < 1.29 is 27.6 Å². The molecule has 0 saturated carbocycles. The summed E-state index contributed by atoms with van der Waals surface area (Å²) in [5.41, 5.74) is 0.482. The Kier molecular flexibility index (Phi) is 6.04. The average Bonchev–Trinajstić information content (AvgIpc) is 2.98. The fraction of sp³-hybridized carbons (Fsp3) is 0.412. The first-order chi connectivity index (χ1) is 12.1. The monoisotopic (exact) mass is 382 g/mol. The van der Waals surface area contributed by atoms with Crippen LogP contribution in [-0.4, -0.2) is 37.5 Å². The van der Waals surface area contributed by atoms with E-state index in [0.717, 1.165) is 0 Å². The van der Waals surface area contributed by atoms with Gasteiger partial charge in [-0.25, -0.2) is 17.9 Å². The van der Waals surface area contributed by atoms with Gasteiger partial charge in [-0.05, 0) is 37.1 Å². The third kappa shape index (κ3) is 4.61. The van der Waals surface area contributed by atoms with Gasteiger partial charge in [0.05, 0.1) is 18.9 Å². The van der Waals surface area contributed by atoms with Crippen LogP contribution in [0.2, 0.25) is 0 Å². The number of hydrogen-bond acceptors (Lipinski definition) is 6. The summed E-state index contributed by atoms with van der Waals surface area (Å²) in [4.78, 5) is 11.7. The second kappa shape index (κ2) is 7.88. The Bertz CT molecular complexity index is 871. The molecule has 0 aliphatic carbocycles. The molecule has 0 saturated heterocycles. The van der Waals surface area contributed by atoms with E-state index in [0.29, 0.717) is 11.3 Å². The molecule has 0 amide bonds. The van der Waals surface area contributed by atoms with Crippen LogP contribution in [0, 0.1) is 5.92 Å². The third-order valence-corrected chi connectivity index (χ3v) is 5.42. The Morgan fingerprint density at radius 3 is 2.38 bits per heavy atom. The van der Waals surface area contributed by atoms with Crippen LogP contribution < -0.4 is 9.46 Å². The van der Waals surface area contributed by atoms with Crippen LogP contribution in [0.5, 0.6) is 5.75 Å². The Balaban J connectivity index is 2.38. The first kappa shape index (κ1) is 19.9. The Hall–Kier alpha value is -2.39. The molecule has 9 heteroatoms. The van der Waals surface area contributed by atoms with E-state index < -0.39 is 22.0 Å². The molecule has 2 aromatic rings. The number of benzene rings is 1. The number of sulfonamides is 1. The summed E-state index contributed by atoms with van der Waals surface area (Å²) in [5.74, 6) is -0.816. The maximum absolute atomic E-state index is 12.1. The van der Waals surface area contributed by atoms with Crippen LogP contribution in [0.3, 0.4) is 0 Å². The van der Waals surface area contributed by atoms with Crippen molar-refractivity contribution >= 4 is 16.0 Å². The van der Waals surface area contributed by atoms with Crippen LogP contribution in [0.15, 0.2) is 28.8 Å². The summed E-state index contributed by atoms with van der Waals surface area (Å²) < 4.78 is 36.9. The molecule has 0 aliphatic rings. The number of carboxylic acids is 1. The van der Waals surface area contributed by atoms with Gasteiger partial charge in [0, 0.05) is 5.56 Å². The molecule has 1 aromatic carbocycles. The van der Waals surface area contributed by atoms with Crippen molar-refractivity contribution in [3.8, 4) is 17.0 Å². The maximum Gasteiger partial charge on any atom is 0.341 e. The van der Waals surface area contributed by atoms with E-state index in [4.69, 9.17) is 9.26 Å². The Morgan fingerprint density at radius 1 is 1.27 bits per heavy atom. The molecule has 0 aliphatic heterocycles. The van der Waals surface area contributed by atoms with Crippen molar-refractivity contribution in [2.45, 2.75) is 26.8 Å². The number of rotatable bonds is 8. The van der Waals surface area contributed by atoms with E-state index in [-0.39, 0.29) is 28.7 Å². The summed E-state index contributed by atoms with van der Waals surface area (Å²) >= 11 is 0. The minimum atomic E-state index is -3.58. The van der Waals surface area contributed by atoms with E-state index in [1.807, 2.05) is 0 Å². The molecule has 1 aromatic heterocycles. The molecule has 26 heavy (non-hydrogen) atoms. The number of hydrogen-bond donors (Lipinski definition) is 2. The minimum Gasteiger partial charge on any atom is -0.497 e. The molecule has 2 N–H and O–H groups in total. The summed E-state index contributed by atoms with van der Waals surface area (Å²) in [6.07, 6.45) is 0. The number of ether oxygens (including phenoxy) is 1. The molecule has 0 radical (unpaired) electrons. The fourth-order valence-electron chi connectivity index (χ4n) is 2.56. The van der Waals surface area contributed by atoms with Crippen molar-refractivity contribution in [1.29, 1.82) is 0 Å². The zero-order valence-electron chi connectivity index (χ0n) is 15.0. The number of aromatic nitrogens is 1. The molecule has 0 bridgehead atoms. The minimum absolute atomic E-state index is 0.0457. The molecule has 0 unspecified atom stereocenters. The number of aromatic carboxylic acids is 1. The number of carboxylic acid groups (broad SMARTS) is 1. The second-order valence-corrected chi connectivity index (χ2v) is 8.12. The van der Waals surface area contributed by atoms with Crippen molar-refractivity contribution in [3.63, 3.8) is 0 Å². The Morgan fingerprint density at radius 2 is 1.88 bits per heavy atom. The predicted molar refractivity (Wildman–Crippen MR) is 95.6 cm³/mol. The van der Waals surface area contributed by atoms with Crippen LogP contribution in [0.1, 0.15) is 42.9 Å². The highest BCUT2D eigenvalue weighted by molar-refractivity contribution is 7.89. The molecule has 1 atom stereocenters. The fourth-order valence-corrected chi connectivity index (χ4v) is 4.18. The molecule has 1 heterocycles. The summed E-state index contributed by atoms with van der Waals surface area (Å²) in [7, 11) is -2.06. The van der Waals surface area contributed by atoms with Gasteiger partial charge >= 0.3 is 5.97 Å². The SMILES string of the molecule is COc1ccc(-c2noc([C@@H](C)NS(=O)(=O)CC(C)C)c2C(=O)O)cc1. The van der Waals surface area contributed by atoms with Gasteiger partial charge < -0.3 is 14.4 Å². The van der Waals surface area contributed by atoms with Crippen LogP contribution in [0.25, 0.3) is 11.3 Å². The molecule has 2 rings (SSSR count). The molecule has 0 fully saturated rings. The van der Waals surface area contributed by atoms with Crippen LogP contribution in [-0.2, 0) is 10.0 Å². The van der Waals surface area contributed by atoms with Crippen LogP contribution >= 0.6 is 0 Å². The topological polar surface area (TPSA) is 119 Å². The Labute approximate surface area is 152 Å². The lowest BCUT2D eigenvalue weighted by Crippen LogP contribution is -2.31. The third-order valence-electron chi connectivity index (χ3n) is 3.60. The highest BCUT2D eigenvalue weighted by Gasteiger charge is 2.29. The van der Waals surface area contributed by atoms with Gasteiger partial charge in [-0.2, -0.15) is 0 Å². The second-order valence-electron chi connectivity index (χ2n) is 6.32. The predicted octanol–water partition coefficient (Wildman–Crippen LogP) is 2.68.